The zero-order valence-electron chi connectivity index (χ0n) is 20.0. The molecule has 1 unspecified atom stereocenters. The smallest absolute Gasteiger partial charge is 0.296 e. The fourth-order valence-corrected chi connectivity index (χ4v) is 4.89. The number of carbonyl (C=O) groups is 3. The van der Waals surface area contributed by atoms with Crippen molar-refractivity contribution in [2.75, 3.05) is 38.8 Å². The van der Waals surface area contributed by atoms with Gasteiger partial charge in [0.2, 0.25) is 0 Å². The number of Topliss-reactive ketones (excluding diaryl/α,β-unsaturated/α-hetero) is 1. The van der Waals surface area contributed by atoms with E-state index in [0.717, 1.165) is 5.56 Å². The van der Waals surface area contributed by atoms with E-state index in [4.69, 9.17) is 9.47 Å². The summed E-state index contributed by atoms with van der Waals surface area (Å²) in [5.74, 6) is -2.01. The first-order valence-corrected chi connectivity index (χ1v) is 11.3. The van der Waals surface area contributed by atoms with Gasteiger partial charge in [0.1, 0.15) is 18.1 Å². The van der Waals surface area contributed by atoms with Crippen molar-refractivity contribution in [3.63, 3.8) is 0 Å². The van der Waals surface area contributed by atoms with Crippen LogP contribution in [-0.4, -0.2) is 61.5 Å². The highest BCUT2D eigenvalue weighted by molar-refractivity contribution is 6.50. The van der Waals surface area contributed by atoms with E-state index in [1.54, 1.807) is 69.6 Å². The van der Waals surface area contributed by atoms with Crippen molar-refractivity contribution in [1.29, 1.82) is 0 Å². The Labute approximate surface area is 204 Å². The van der Waals surface area contributed by atoms with Gasteiger partial charge in [-0.15, -0.1) is 0 Å². The van der Waals surface area contributed by atoms with Crippen LogP contribution in [0, 0.1) is 6.92 Å². The number of nitrogens with zero attached hydrogens (tertiary/aromatic N) is 2. The molecule has 0 aliphatic carbocycles. The Morgan fingerprint density at radius 3 is 2.60 bits per heavy atom. The first-order valence-electron chi connectivity index (χ1n) is 11.3. The van der Waals surface area contributed by atoms with Gasteiger partial charge in [0, 0.05) is 44.1 Å². The Morgan fingerprint density at radius 1 is 1.17 bits per heavy atom. The molecule has 1 atom stereocenters. The van der Waals surface area contributed by atoms with Crippen molar-refractivity contribution in [2.24, 2.45) is 0 Å². The summed E-state index contributed by atoms with van der Waals surface area (Å²) in [6.45, 7) is 6.21. The molecule has 0 saturated carbocycles. The molecule has 1 saturated heterocycles. The monoisotopic (exact) mass is 476 g/mol. The van der Waals surface area contributed by atoms with E-state index in [0.29, 0.717) is 42.2 Å². The third kappa shape index (κ3) is 3.61. The van der Waals surface area contributed by atoms with E-state index in [2.05, 4.69) is 6.58 Å². The average molecular weight is 477 g/mol. The molecule has 2 amide bonds. The van der Waals surface area contributed by atoms with Gasteiger partial charge in [-0.3, -0.25) is 14.4 Å². The van der Waals surface area contributed by atoms with Crippen LogP contribution in [-0.2, 0) is 24.7 Å². The number of fused-ring (bicyclic) bond motifs is 2. The largest absolute Gasteiger partial charge is 0.507 e. The van der Waals surface area contributed by atoms with Crippen molar-refractivity contribution >= 4 is 29.0 Å². The van der Waals surface area contributed by atoms with E-state index < -0.39 is 28.9 Å². The third-order valence-electron chi connectivity index (χ3n) is 6.47. The summed E-state index contributed by atoms with van der Waals surface area (Å²) in [6, 6.07) is 11.9. The fourth-order valence-electron chi connectivity index (χ4n) is 4.89. The van der Waals surface area contributed by atoms with Crippen LogP contribution in [0.3, 0.4) is 0 Å². The first kappa shape index (κ1) is 24.2. The standard InChI is InChI=1S/C27H28N2O6/c1-5-14-35-21-12-11-18(16-17(21)2)23(30)22-24(31)25(32)29(13-8-15-34-4)27(22)19-9-6-7-10-20(19)28(3)26(27)33/h5-7,9-12,16,30H,1,8,13-15H2,2-4H3. The summed E-state index contributed by atoms with van der Waals surface area (Å²) in [5, 5.41) is 11.5. The molecule has 8 heteroatoms. The molecule has 1 N–H and O–H groups in total. The molecule has 1 fully saturated rings. The third-order valence-corrected chi connectivity index (χ3v) is 6.47. The molecule has 2 heterocycles. The molecule has 2 aliphatic rings. The van der Waals surface area contributed by atoms with Gasteiger partial charge in [0.25, 0.3) is 17.6 Å². The zero-order chi connectivity index (χ0) is 25.3. The fraction of sp³-hybridized carbons (Fsp3) is 0.296. The number of benzene rings is 2. The van der Waals surface area contributed by atoms with Crippen molar-refractivity contribution in [2.45, 2.75) is 18.9 Å². The molecular formula is C27H28N2O6. The number of ketones is 1. The SMILES string of the molecule is C=CCOc1ccc(C(O)=C2C(=O)C(=O)N(CCCOC)C23C(=O)N(C)c2ccccc23)cc1C. The Balaban J connectivity index is 1.95. The highest BCUT2D eigenvalue weighted by Gasteiger charge is 2.66. The van der Waals surface area contributed by atoms with Crippen LogP contribution >= 0.6 is 0 Å². The first-order chi connectivity index (χ1) is 16.8. The van der Waals surface area contributed by atoms with Crippen LogP contribution < -0.4 is 9.64 Å². The number of ether oxygens (including phenoxy) is 2. The van der Waals surface area contributed by atoms with Crippen LogP contribution in [0.15, 0.2) is 60.7 Å². The van der Waals surface area contributed by atoms with Crippen LogP contribution in [0.2, 0.25) is 0 Å². The Morgan fingerprint density at radius 2 is 1.91 bits per heavy atom. The highest BCUT2D eigenvalue weighted by atomic mass is 16.5. The summed E-state index contributed by atoms with van der Waals surface area (Å²) < 4.78 is 10.7. The van der Waals surface area contributed by atoms with Gasteiger partial charge in [0.05, 0.1) is 5.57 Å². The van der Waals surface area contributed by atoms with E-state index in [1.807, 2.05) is 0 Å². The van der Waals surface area contributed by atoms with Crippen molar-refractivity contribution in [3.8, 4) is 5.75 Å². The van der Waals surface area contributed by atoms with Crippen molar-refractivity contribution in [3.05, 3.63) is 77.4 Å². The van der Waals surface area contributed by atoms with E-state index in [1.165, 1.54) is 9.80 Å². The quantitative estimate of drug-likeness (QED) is 0.207. The summed E-state index contributed by atoms with van der Waals surface area (Å²) in [5.41, 5.74) is 0.0844. The molecule has 0 bridgehead atoms. The maximum atomic E-state index is 13.9. The Bertz CT molecular complexity index is 1250. The lowest BCUT2D eigenvalue weighted by molar-refractivity contribution is -0.143. The molecule has 0 aromatic heterocycles. The lowest BCUT2D eigenvalue weighted by Crippen LogP contribution is -2.51. The number of aliphatic hydroxyl groups is 1. The number of rotatable bonds is 8. The van der Waals surface area contributed by atoms with E-state index in [9.17, 15) is 19.5 Å². The molecule has 0 radical (unpaired) electrons. The van der Waals surface area contributed by atoms with E-state index in [-0.39, 0.29) is 12.1 Å². The maximum absolute atomic E-state index is 13.9. The average Bonchev–Trinajstić information content (AvgIpc) is 3.21. The molecular weight excluding hydrogens is 448 g/mol. The van der Waals surface area contributed by atoms with Gasteiger partial charge >= 0.3 is 0 Å². The van der Waals surface area contributed by atoms with Gasteiger partial charge in [-0.05, 0) is 43.2 Å². The van der Waals surface area contributed by atoms with Crippen LogP contribution in [0.5, 0.6) is 5.75 Å². The van der Waals surface area contributed by atoms with Gasteiger partial charge in [0.15, 0.2) is 5.54 Å². The predicted molar refractivity (Wildman–Crippen MR) is 131 cm³/mol. The summed E-state index contributed by atoms with van der Waals surface area (Å²) in [4.78, 5) is 43.3. The minimum absolute atomic E-state index is 0.108. The van der Waals surface area contributed by atoms with Crippen LogP contribution in [0.1, 0.15) is 23.1 Å². The van der Waals surface area contributed by atoms with Crippen LogP contribution in [0.25, 0.3) is 5.76 Å². The molecule has 2 aliphatic heterocycles. The van der Waals surface area contributed by atoms with Crippen LogP contribution in [0.4, 0.5) is 5.69 Å². The van der Waals surface area contributed by atoms with Gasteiger partial charge in [-0.2, -0.15) is 0 Å². The number of amides is 2. The second-order valence-electron chi connectivity index (χ2n) is 8.53. The van der Waals surface area contributed by atoms with Gasteiger partial charge < -0.3 is 24.4 Å². The normalized spacial score (nSPS) is 20.6. The Kier molecular flexibility index (Phi) is 6.49. The van der Waals surface area contributed by atoms with Crippen molar-refractivity contribution in [1.82, 2.24) is 4.90 Å². The second-order valence-corrected chi connectivity index (χ2v) is 8.53. The highest BCUT2D eigenvalue weighted by Crippen LogP contribution is 2.53. The number of aryl methyl sites for hydroxylation is 1. The molecule has 8 nitrogen and oxygen atoms in total. The lowest BCUT2D eigenvalue weighted by Gasteiger charge is -2.34. The zero-order valence-corrected chi connectivity index (χ0v) is 20.0. The topological polar surface area (TPSA) is 96.4 Å². The molecule has 4 rings (SSSR count). The number of hydrogen-bond donors (Lipinski definition) is 1. The second kappa shape index (κ2) is 9.38. The maximum Gasteiger partial charge on any atom is 0.296 e. The number of carbonyl (C=O) groups excluding carboxylic acids is 3. The molecule has 1 spiro atoms. The number of hydrogen-bond acceptors (Lipinski definition) is 6. The lowest BCUT2D eigenvalue weighted by atomic mass is 9.81. The number of methoxy groups -OCH3 is 1. The molecule has 35 heavy (non-hydrogen) atoms. The molecule has 2 aromatic rings. The van der Waals surface area contributed by atoms with Gasteiger partial charge in [-0.25, -0.2) is 0 Å². The van der Waals surface area contributed by atoms with Gasteiger partial charge in [-0.1, -0.05) is 30.9 Å². The summed E-state index contributed by atoms with van der Waals surface area (Å²) >= 11 is 0. The Hall–Kier alpha value is -3.91. The van der Waals surface area contributed by atoms with E-state index >= 15 is 0 Å². The number of likely N-dealkylation sites (N-methyl/N-ethyl adjacent to an activating group) is 1. The van der Waals surface area contributed by atoms with Crippen molar-refractivity contribution < 1.29 is 29.0 Å². The summed E-state index contributed by atoms with van der Waals surface area (Å²) in [7, 11) is 3.14. The predicted octanol–water partition coefficient (Wildman–Crippen LogP) is 3.15. The number of para-hydroxylation sites is 1. The number of likely N-dealkylation sites (tertiary alicyclic amines) is 1. The minimum atomic E-state index is -1.76. The summed E-state index contributed by atoms with van der Waals surface area (Å²) in [6.07, 6.45) is 2.04. The molecule has 2 aromatic carbocycles. The number of aliphatic hydroxyl groups excluding tert-OH is 1. The minimum Gasteiger partial charge on any atom is -0.507 e. The molecule has 182 valence electrons. The number of anilines is 1.